The third-order valence-electron chi connectivity index (χ3n) is 3.77. The molecule has 0 aliphatic carbocycles. The fraction of sp³-hybridized carbons (Fsp3) is 0.158. The molecule has 0 amide bonds. The molecule has 0 unspecified atom stereocenters. The van der Waals surface area contributed by atoms with Crippen molar-refractivity contribution in [2.45, 2.75) is 6.54 Å². The second-order valence-corrected chi connectivity index (χ2v) is 5.32. The van der Waals surface area contributed by atoms with Gasteiger partial charge in [0.25, 0.3) is 5.56 Å². The van der Waals surface area contributed by atoms with Crippen LogP contribution in [0.4, 0.5) is 0 Å². The van der Waals surface area contributed by atoms with Crippen molar-refractivity contribution in [3.63, 3.8) is 0 Å². The van der Waals surface area contributed by atoms with Crippen LogP contribution in [0.2, 0.25) is 0 Å². The molecule has 0 fully saturated rings. The van der Waals surface area contributed by atoms with E-state index in [0.717, 1.165) is 22.4 Å². The van der Waals surface area contributed by atoms with E-state index in [1.54, 1.807) is 37.1 Å². The summed E-state index contributed by atoms with van der Waals surface area (Å²) in [6.45, 7) is 0.458. The number of rotatable bonds is 5. The predicted molar refractivity (Wildman–Crippen MR) is 92.6 cm³/mol. The number of methoxy groups -OCH3 is 2. The molecule has 122 valence electrons. The van der Waals surface area contributed by atoms with Crippen LogP contribution >= 0.6 is 0 Å². The average Bonchev–Trinajstić information content (AvgIpc) is 2.64. The highest BCUT2D eigenvalue weighted by Crippen LogP contribution is 2.21. The van der Waals surface area contributed by atoms with E-state index in [1.165, 1.54) is 0 Å². The van der Waals surface area contributed by atoms with Crippen LogP contribution in [0.15, 0.2) is 65.7 Å². The summed E-state index contributed by atoms with van der Waals surface area (Å²) in [5.41, 5.74) is 2.88. The Morgan fingerprint density at radius 1 is 0.917 bits per heavy atom. The van der Waals surface area contributed by atoms with Gasteiger partial charge in [0.2, 0.25) is 5.88 Å². The molecular weight excluding hydrogens is 304 g/mol. The average molecular weight is 322 g/mol. The van der Waals surface area contributed by atoms with Gasteiger partial charge in [-0.3, -0.25) is 4.79 Å². The van der Waals surface area contributed by atoms with Crippen molar-refractivity contribution in [1.82, 2.24) is 9.55 Å². The second-order valence-electron chi connectivity index (χ2n) is 5.32. The number of benzene rings is 1. The molecule has 0 atom stereocenters. The van der Waals surface area contributed by atoms with Gasteiger partial charge in [-0.2, -0.15) is 0 Å². The summed E-state index contributed by atoms with van der Waals surface area (Å²) < 4.78 is 11.9. The predicted octanol–water partition coefficient (Wildman–Crippen LogP) is 2.98. The van der Waals surface area contributed by atoms with E-state index in [1.807, 2.05) is 42.6 Å². The monoisotopic (exact) mass is 322 g/mol. The van der Waals surface area contributed by atoms with E-state index in [4.69, 9.17) is 9.47 Å². The van der Waals surface area contributed by atoms with E-state index in [2.05, 4.69) is 4.98 Å². The third kappa shape index (κ3) is 3.46. The maximum Gasteiger partial charge on any atom is 0.250 e. The Morgan fingerprint density at radius 2 is 1.67 bits per heavy atom. The summed E-state index contributed by atoms with van der Waals surface area (Å²) in [4.78, 5) is 16.3. The summed E-state index contributed by atoms with van der Waals surface area (Å²) in [6, 6.07) is 14.8. The van der Waals surface area contributed by atoms with Gasteiger partial charge >= 0.3 is 0 Å². The van der Waals surface area contributed by atoms with Gasteiger partial charge in [-0.05, 0) is 34.9 Å². The molecule has 0 aliphatic heterocycles. The van der Waals surface area contributed by atoms with E-state index >= 15 is 0 Å². The van der Waals surface area contributed by atoms with Crippen LogP contribution in [0.5, 0.6) is 11.6 Å². The third-order valence-corrected chi connectivity index (χ3v) is 3.77. The smallest absolute Gasteiger partial charge is 0.250 e. The summed E-state index contributed by atoms with van der Waals surface area (Å²) in [7, 11) is 3.21. The number of ether oxygens (including phenoxy) is 2. The Kier molecular flexibility index (Phi) is 4.61. The standard InChI is InChI=1S/C19H18N2O3/c1-23-17-7-4-15(5-8-17)16-6-10-19(22)21(13-16)12-14-3-9-18(24-2)20-11-14/h3-11,13H,12H2,1-2H3. The minimum absolute atomic E-state index is 0.0527. The van der Waals surface area contributed by atoms with Crippen LogP contribution < -0.4 is 15.0 Å². The minimum atomic E-state index is -0.0527. The maximum atomic E-state index is 12.1. The van der Waals surface area contributed by atoms with Gasteiger partial charge in [0, 0.05) is 24.5 Å². The maximum absolute atomic E-state index is 12.1. The van der Waals surface area contributed by atoms with Crippen LogP contribution in [-0.4, -0.2) is 23.8 Å². The Morgan fingerprint density at radius 3 is 2.29 bits per heavy atom. The van der Waals surface area contributed by atoms with Gasteiger partial charge in [0.05, 0.1) is 20.8 Å². The fourth-order valence-electron chi connectivity index (χ4n) is 2.43. The largest absolute Gasteiger partial charge is 0.497 e. The van der Waals surface area contributed by atoms with Gasteiger partial charge in [-0.1, -0.05) is 18.2 Å². The molecule has 5 nitrogen and oxygen atoms in total. The Labute approximate surface area is 140 Å². The molecule has 5 heteroatoms. The number of hydrogen-bond donors (Lipinski definition) is 0. The quantitative estimate of drug-likeness (QED) is 0.725. The Hall–Kier alpha value is -3.08. The molecule has 0 saturated carbocycles. The van der Waals surface area contributed by atoms with Crippen molar-refractivity contribution in [2.24, 2.45) is 0 Å². The Balaban J connectivity index is 1.88. The molecule has 3 rings (SSSR count). The summed E-state index contributed by atoms with van der Waals surface area (Å²) in [5.74, 6) is 1.36. The number of nitrogens with zero attached hydrogens (tertiary/aromatic N) is 2. The zero-order chi connectivity index (χ0) is 16.9. The number of hydrogen-bond acceptors (Lipinski definition) is 4. The molecule has 2 heterocycles. The van der Waals surface area contributed by atoms with E-state index in [0.29, 0.717) is 12.4 Å². The van der Waals surface area contributed by atoms with Crippen molar-refractivity contribution in [1.29, 1.82) is 0 Å². The van der Waals surface area contributed by atoms with Crippen LogP contribution in [0.1, 0.15) is 5.56 Å². The molecular formula is C19H18N2O3. The fourth-order valence-corrected chi connectivity index (χ4v) is 2.43. The lowest BCUT2D eigenvalue weighted by atomic mass is 10.1. The van der Waals surface area contributed by atoms with Gasteiger partial charge in [-0.25, -0.2) is 4.98 Å². The highest BCUT2D eigenvalue weighted by Gasteiger charge is 2.04. The van der Waals surface area contributed by atoms with Crippen molar-refractivity contribution in [2.75, 3.05) is 14.2 Å². The summed E-state index contributed by atoms with van der Waals surface area (Å²) in [5, 5.41) is 0. The van der Waals surface area contributed by atoms with Crippen LogP contribution in [0, 0.1) is 0 Å². The lowest BCUT2D eigenvalue weighted by Crippen LogP contribution is -2.19. The molecule has 0 bridgehead atoms. The van der Waals surface area contributed by atoms with Crippen molar-refractivity contribution >= 4 is 0 Å². The van der Waals surface area contributed by atoms with Crippen molar-refractivity contribution in [3.8, 4) is 22.8 Å². The first kappa shape index (κ1) is 15.8. The number of aromatic nitrogens is 2. The summed E-state index contributed by atoms with van der Waals surface area (Å²) >= 11 is 0. The SMILES string of the molecule is COc1ccc(-c2ccc(=O)n(Cc3ccc(OC)nc3)c2)cc1. The van der Waals surface area contributed by atoms with E-state index in [9.17, 15) is 4.79 Å². The van der Waals surface area contributed by atoms with Gasteiger partial charge in [0.1, 0.15) is 5.75 Å². The molecule has 0 spiro atoms. The van der Waals surface area contributed by atoms with Crippen molar-refractivity contribution < 1.29 is 9.47 Å². The first-order valence-corrected chi connectivity index (χ1v) is 7.53. The minimum Gasteiger partial charge on any atom is -0.497 e. The first-order chi connectivity index (χ1) is 11.7. The van der Waals surface area contributed by atoms with Crippen LogP contribution in [0.25, 0.3) is 11.1 Å². The zero-order valence-corrected chi connectivity index (χ0v) is 13.6. The molecule has 0 saturated heterocycles. The lowest BCUT2D eigenvalue weighted by Gasteiger charge is -2.09. The number of pyridine rings is 2. The van der Waals surface area contributed by atoms with Crippen LogP contribution in [0.3, 0.4) is 0 Å². The molecule has 0 aliphatic rings. The van der Waals surface area contributed by atoms with E-state index in [-0.39, 0.29) is 5.56 Å². The van der Waals surface area contributed by atoms with Gasteiger partial charge < -0.3 is 14.0 Å². The van der Waals surface area contributed by atoms with Gasteiger partial charge in [-0.15, -0.1) is 0 Å². The normalized spacial score (nSPS) is 10.4. The molecule has 1 aromatic carbocycles. The highest BCUT2D eigenvalue weighted by atomic mass is 16.5. The lowest BCUT2D eigenvalue weighted by molar-refractivity contribution is 0.397. The molecule has 24 heavy (non-hydrogen) atoms. The molecule has 0 radical (unpaired) electrons. The summed E-state index contributed by atoms with van der Waals surface area (Å²) in [6.07, 6.45) is 3.57. The molecule has 3 aromatic rings. The Bertz CT molecular complexity index is 868. The van der Waals surface area contributed by atoms with Crippen molar-refractivity contribution in [3.05, 3.63) is 76.8 Å². The molecule has 2 aromatic heterocycles. The second kappa shape index (κ2) is 7.00. The first-order valence-electron chi connectivity index (χ1n) is 7.53. The van der Waals surface area contributed by atoms with E-state index < -0.39 is 0 Å². The zero-order valence-electron chi connectivity index (χ0n) is 13.6. The highest BCUT2D eigenvalue weighted by molar-refractivity contribution is 5.63. The van der Waals surface area contributed by atoms with Crippen LogP contribution in [-0.2, 0) is 6.54 Å². The topological polar surface area (TPSA) is 53.4 Å². The molecule has 0 N–H and O–H groups in total. The van der Waals surface area contributed by atoms with Gasteiger partial charge in [0.15, 0.2) is 0 Å².